The Morgan fingerprint density at radius 1 is 1.45 bits per heavy atom. The lowest BCUT2D eigenvalue weighted by Crippen LogP contribution is -2.45. The van der Waals surface area contributed by atoms with Gasteiger partial charge < -0.3 is 24.9 Å². The summed E-state index contributed by atoms with van der Waals surface area (Å²) in [7, 11) is 1.58. The third kappa shape index (κ3) is 4.86. The molecule has 6 heteroatoms. The van der Waals surface area contributed by atoms with Gasteiger partial charge in [-0.2, -0.15) is 0 Å². The number of furan rings is 1. The average Bonchev–Trinajstić information content (AvgIpc) is 2.73. The Labute approximate surface area is 119 Å². The van der Waals surface area contributed by atoms with Crippen LogP contribution in [0.1, 0.15) is 36.5 Å². The van der Waals surface area contributed by atoms with Crippen molar-refractivity contribution in [1.29, 1.82) is 0 Å². The standard InChI is InChI=1S/C14H24N2O4/c1-9-7-13(11(3)20-9)10(2)15-14(18)16-12(8-17)5-6-19-4/h7,10,12,17H,5-6,8H2,1-4H3,(H2,15,16,18). The molecule has 0 aromatic carbocycles. The van der Waals surface area contributed by atoms with Crippen LogP contribution in [-0.2, 0) is 4.74 Å². The second kappa shape index (κ2) is 7.91. The zero-order valence-corrected chi connectivity index (χ0v) is 12.5. The van der Waals surface area contributed by atoms with E-state index >= 15 is 0 Å². The monoisotopic (exact) mass is 284 g/mol. The molecule has 3 N–H and O–H groups in total. The topological polar surface area (TPSA) is 83.7 Å². The van der Waals surface area contributed by atoms with Crippen molar-refractivity contribution in [3.05, 3.63) is 23.2 Å². The summed E-state index contributed by atoms with van der Waals surface area (Å²) in [6.07, 6.45) is 0.568. The number of nitrogens with one attached hydrogen (secondary N) is 2. The first kappa shape index (κ1) is 16.5. The molecule has 20 heavy (non-hydrogen) atoms. The molecule has 0 aliphatic carbocycles. The van der Waals surface area contributed by atoms with Crippen molar-refractivity contribution in [3.63, 3.8) is 0 Å². The quantitative estimate of drug-likeness (QED) is 0.711. The van der Waals surface area contributed by atoms with Crippen LogP contribution < -0.4 is 10.6 Å². The molecule has 1 heterocycles. The van der Waals surface area contributed by atoms with Crippen molar-refractivity contribution in [2.75, 3.05) is 20.3 Å². The van der Waals surface area contributed by atoms with Crippen LogP contribution in [0.3, 0.4) is 0 Å². The maximum atomic E-state index is 11.9. The van der Waals surface area contributed by atoms with Crippen LogP contribution in [0.2, 0.25) is 0 Å². The number of methoxy groups -OCH3 is 1. The molecule has 6 nitrogen and oxygen atoms in total. The minimum Gasteiger partial charge on any atom is -0.466 e. The number of aryl methyl sites for hydroxylation is 2. The molecule has 0 saturated carbocycles. The molecule has 0 bridgehead atoms. The fourth-order valence-corrected chi connectivity index (χ4v) is 2.05. The number of amides is 2. The number of ether oxygens (including phenoxy) is 1. The summed E-state index contributed by atoms with van der Waals surface area (Å²) >= 11 is 0. The number of aliphatic hydroxyl groups excluding tert-OH is 1. The SMILES string of the molecule is COCCC(CO)NC(=O)NC(C)c1cc(C)oc1C. The number of carbonyl (C=O) groups is 1. The predicted molar refractivity (Wildman–Crippen MR) is 75.6 cm³/mol. The van der Waals surface area contributed by atoms with Gasteiger partial charge in [-0.25, -0.2) is 4.79 Å². The van der Waals surface area contributed by atoms with E-state index in [0.717, 1.165) is 17.1 Å². The molecule has 0 aliphatic heterocycles. The number of rotatable bonds is 7. The van der Waals surface area contributed by atoms with E-state index in [4.69, 9.17) is 9.15 Å². The second-order valence-electron chi connectivity index (χ2n) is 4.87. The maximum Gasteiger partial charge on any atom is 0.315 e. The van der Waals surface area contributed by atoms with Gasteiger partial charge >= 0.3 is 6.03 Å². The number of hydrogen-bond donors (Lipinski definition) is 3. The predicted octanol–water partition coefficient (Wildman–Crippen LogP) is 1.65. The highest BCUT2D eigenvalue weighted by atomic mass is 16.5. The molecule has 0 radical (unpaired) electrons. The summed E-state index contributed by atoms with van der Waals surface area (Å²) in [5.41, 5.74) is 0.954. The number of urea groups is 1. The van der Waals surface area contributed by atoms with Gasteiger partial charge in [0, 0.05) is 19.3 Å². The second-order valence-corrected chi connectivity index (χ2v) is 4.87. The van der Waals surface area contributed by atoms with E-state index in [1.165, 1.54) is 0 Å². The molecule has 2 amide bonds. The Bertz CT molecular complexity index is 431. The molecule has 2 atom stereocenters. The van der Waals surface area contributed by atoms with Gasteiger partial charge in [0.2, 0.25) is 0 Å². The van der Waals surface area contributed by atoms with Gasteiger partial charge in [0.05, 0.1) is 18.7 Å². The van der Waals surface area contributed by atoms with E-state index in [1.54, 1.807) is 7.11 Å². The van der Waals surface area contributed by atoms with Crippen LogP contribution >= 0.6 is 0 Å². The molecule has 1 rings (SSSR count). The average molecular weight is 284 g/mol. The summed E-state index contributed by atoms with van der Waals surface area (Å²) in [6, 6.07) is 1.13. The summed E-state index contributed by atoms with van der Waals surface area (Å²) in [6.45, 7) is 6.00. The molecule has 114 valence electrons. The van der Waals surface area contributed by atoms with Gasteiger partial charge in [-0.3, -0.25) is 0 Å². The van der Waals surface area contributed by atoms with Gasteiger partial charge in [-0.1, -0.05) is 0 Å². The third-order valence-electron chi connectivity index (χ3n) is 3.12. The van der Waals surface area contributed by atoms with Crippen molar-refractivity contribution >= 4 is 6.03 Å². The smallest absolute Gasteiger partial charge is 0.315 e. The fourth-order valence-electron chi connectivity index (χ4n) is 2.05. The van der Waals surface area contributed by atoms with Crippen molar-refractivity contribution in [2.45, 2.75) is 39.3 Å². The van der Waals surface area contributed by atoms with Crippen molar-refractivity contribution in [1.82, 2.24) is 10.6 Å². The van der Waals surface area contributed by atoms with E-state index in [9.17, 15) is 9.90 Å². The van der Waals surface area contributed by atoms with Crippen LogP contribution in [0, 0.1) is 13.8 Å². The number of hydrogen-bond acceptors (Lipinski definition) is 4. The van der Waals surface area contributed by atoms with Crippen LogP contribution in [0.25, 0.3) is 0 Å². The van der Waals surface area contributed by atoms with Crippen LogP contribution in [-0.4, -0.2) is 37.5 Å². The first-order valence-electron chi connectivity index (χ1n) is 6.71. The fraction of sp³-hybridized carbons (Fsp3) is 0.643. The van der Waals surface area contributed by atoms with Gasteiger partial charge in [0.15, 0.2) is 0 Å². The van der Waals surface area contributed by atoms with Crippen LogP contribution in [0.5, 0.6) is 0 Å². The van der Waals surface area contributed by atoms with E-state index < -0.39 is 0 Å². The van der Waals surface area contributed by atoms with E-state index in [0.29, 0.717) is 13.0 Å². The maximum absolute atomic E-state index is 11.9. The van der Waals surface area contributed by atoms with Gasteiger partial charge in [0.1, 0.15) is 11.5 Å². The molecule has 0 fully saturated rings. The highest BCUT2D eigenvalue weighted by molar-refractivity contribution is 5.74. The molecule has 0 spiro atoms. The number of carbonyl (C=O) groups excluding carboxylic acids is 1. The molecule has 0 aliphatic rings. The van der Waals surface area contributed by atoms with Crippen LogP contribution in [0.15, 0.2) is 10.5 Å². The molecule has 1 aromatic rings. The molecular weight excluding hydrogens is 260 g/mol. The minimum atomic E-state index is -0.314. The lowest BCUT2D eigenvalue weighted by Gasteiger charge is -2.19. The van der Waals surface area contributed by atoms with Gasteiger partial charge in [-0.15, -0.1) is 0 Å². The summed E-state index contributed by atoms with van der Waals surface area (Å²) in [4.78, 5) is 11.9. The number of aliphatic hydroxyl groups is 1. The Morgan fingerprint density at radius 3 is 2.65 bits per heavy atom. The first-order chi connectivity index (χ1) is 9.47. The zero-order chi connectivity index (χ0) is 15.1. The molecular formula is C14H24N2O4. The van der Waals surface area contributed by atoms with E-state index in [-0.39, 0.29) is 24.7 Å². The molecule has 0 saturated heterocycles. The Balaban J connectivity index is 2.50. The molecule has 2 unspecified atom stereocenters. The Morgan fingerprint density at radius 2 is 2.15 bits per heavy atom. The highest BCUT2D eigenvalue weighted by Gasteiger charge is 2.17. The Kier molecular flexibility index (Phi) is 6.54. The largest absolute Gasteiger partial charge is 0.466 e. The van der Waals surface area contributed by atoms with Crippen molar-refractivity contribution < 1.29 is 19.1 Å². The minimum absolute atomic E-state index is 0.116. The first-order valence-corrected chi connectivity index (χ1v) is 6.71. The van der Waals surface area contributed by atoms with Gasteiger partial charge in [0.25, 0.3) is 0 Å². The third-order valence-corrected chi connectivity index (χ3v) is 3.12. The van der Waals surface area contributed by atoms with E-state index in [1.807, 2.05) is 26.8 Å². The van der Waals surface area contributed by atoms with Crippen molar-refractivity contribution in [3.8, 4) is 0 Å². The van der Waals surface area contributed by atoms with E-state index in [2.05, 4.69) is 10.6 Å². The summed E-state index contributed by atoms with van der Waals surface area (Å²) in [5.74, 6) is 1.62. The lowest BCUT2D eigenvalue weighted by molar-refractivity contribution is 0.159. The van der Waals surface area contributed by atoms with Crippen molar-refractivity contribution in [2.24, 2.45) is 0 Å². The Hall–Kier alpha value is -1.53. The van der Waals surface area contributed by atoms with Gasteiger partial charge in [-0.05, 0) is 33.3 Å². The summed E-state index contributed by atoms with van der Waals surface area (Å²) in [5, 5.41) is 14.7. The zero-order valence-electron chi connectivity index (χ0n) is 12.5. The highest BCUT2D eigenvalue weighted by Crippen LogP contribution is 2.20. The summed E-state index contributed by atoms with van der Waals surface area (Å²) < 4.78 is 10.4. The van der Waals surface area contributed by atoms with Crippen LogP contribution in [0.4, 0.5) is 4.79 Å². The normalized spacial score (nSPS) is 13.8. The lowest BCUT2D eigenvalue weighted by atomic mass is 10.1. The molecule has 1 aromatic heterocycles.